The molecule has 1 atom stereocenters. The molecule has 2 aromatic rings. The maximum absolute atomic E-state index is 13.1. The van der Waals surface area contributed by atoms with E-state index in [0.29, 0.717) is 26.1 Å². The summed E-state index contributed by atoms with van der Waals surface area (Å²) >= 11 is 0. The van der Waals surface area contributed by atoms with Crippen molar-refractivity contribution in [1.82, 2.24) is 10.2 Å². The minimum atomic E-state index is -0.293. The lowest BCUT2D eigenvalue weighted by Gasteiger charge is -2.25. The third-order valence-electron chi connectivity index (χ3n) is 4.44. The van der Waals surface area contributed by atoms with Crippen LogP contribution in [-0.2, 0) is 11.4 Å². The van der Waals surface area contributed by atoms with E-state index in [9.17, 15) is 9.18 Å². The highest BCUT2D eigenvalue weighted by atomic mass is 19.1. The SMILES string of the molecule is CCNC(=O)N(Cc1ccc(F)cc1)C[C@@H]1CC(c2ccc(C)cc2)=NO1. The number of benzene rings is 2. The smallest absolute Gasteiger partial charge is 0.317 e. The quantitative estimate of drug-likeness (QED) is 0.841. The molecular weight excluding hydrogens is 345 g/mol. The van der Waals surface area contributed by atoms with Gasteiger partial charge in [0.15, 0.2) is 6.10 Å². The highest BCUT2D eigenvalue weighted by Gasteiger charge is 2.26. The second kappa shape index (κ2) is 8.66. The summed E-state index contributed by atoms with van der Waals surface area (Å²) in [6, 6.07) is 14.1. The van der Waals surface area contributed by atoms with Gasteiger partial charge in [0.25, 0.3) is 0 Å². The average Bonchev–Trinajstić information content (AvgIpc) is 3.12. The number of halogens is 1. The number of nitrogens with one attached hydrogen (secondary N) is 1. The van der Waals surface area contributed by atoms with E-state index in [4.69, 9.17) is 4.84 Å². The summed E-state index contributed by atoms with van der Waals surface area (Å²) < 4.78 is 13.1. The minimum absolute atomic E-state index is 0.172. The summed E-state index contributed by atoms with van der Waals surface area (Å²) in [6.45, 7) is 5.24. The summed E-state index contributed by atoms with van der Waals surface area (Å²) in [5, 5.41) is 7.02. The maximum Gasteiger partial charge on any atom is 0.317 e. The van der Waals surface area contributed by atoms with E-state index in [1.165, 1.54) is 17.7 Å². The second-order valence-corrected chi connectivity index (χ2v) is 6.68. The number of oxime groups is 1. The number of carbonyl (C=O) groups excluding carboxylic acids is 1. The van der Waals surface area contributed by atoms with Crippen LogP contribution in [0.2, 0.25) is 0 Å². The summed E-state index contributed by atoms with van der Waals surface area (Å²) in [6.07, 6.45) is 0.437. The lowest BCUT2D eigenvalue weighted by molar-refractivity contribution is 0.0590. The Morgan fingerprint density at radius 1 is 1.22 bits per heavy atom. The Morgan fingerprint density at radius 3 is 2.59 bits per heavy atom. The molecule has 1 aliphatic heterocycles. The van der Waals surface area contributed by atoms with Crippen molar-refractivity contribution in [3.63, 3.8) is 0 Å². The molecule has 3 rings (SSSR count). The third-order valence-corrected chi connectivity index (χ3v) is 4.44. The van der Waals surface area contributed by atoms with E-state index in [1.54, 1.807) is 17.0 Å². The third kappa shape index (κ3) is 5.06. The molecule has 0 saturated carbocycles. The van der Waals surface area contributed by atoms with Gasteiger partial charge in [-0.3, -0.25) is 0 Å². The molecule has 0 aromatic heterocycles. The molecule has 0 radical (unpaired) electrons. The summed E-state index contributed by atoms with van der Waals surface area (Å²) in [4.78, 5) is 19.7. The van der Waals surface area contributed by atoms with E-state index in [0.717, 1.165) is 16.8 Å². The predicted octanol–water partition coefficient (Wildman–Crippen LogP) is 3.86. The first kappa shape index (κ1) is 18.9. The van der Waals surface area contributed by atoms with Crippen molar-refractivity contribution in [1.29, 1.82) is 0 Å². The summed E-state index contributed by atoms with van der Waals surface area (Å²) in [5.74, 6) is -0.293. The van der Waals surface area contributed by atoms with Crippen LogP contribution < -0.4 is 5.32 Å². The van der Waals surface area contributed by atoms with Gasteiger partial charge in [0, 0.05) is 19.5 Å². The van der Waals surface area contributed by atoms with Gasteiger partial charge in [0.05, 0.1) is 12.3 Å². The van der Waals surface area contributed by atoms with Crippen molar-refractivity contribution in [2.75, 3.05) is 13.1 Å². The minimum Gasteiger partial charge on any atom is -0.390 e. The van der Waals surface area contributed by atoms with Crippen LogP contribution in [0.3, 0.4) is 0 Å². The van der Waals surface area contributed by atoms with Gasteiger partial charge < -0.3 is 15.1 Å². The van der Waals surface area contributed by atoms with Crippen LogP contribution in [0.1, 0.15) is 30.0 Å². The number of amides is 2. The zero-order valence-electron chi connectivity index (χ0n) is 15.6. The fraction of sp³-hybridized carbons (Fsp3) is 0.333. The fourth-order valence-corrected chi connectivity index (χ4v) is 2.98. The first-order chi connectivity index (χ1) is 13.0. The van der Waals surface area contributed by atoms with Crippen molar-refractivity contribution >= 4 is 11.7 Å². The molecule has 1 aliphatic rings. The normalized spacial score (nSPS) is 15.8. The molecule has 1 N–H and O–H groups in total. The number of nitrogens with zero attached hydrogens (tertiary/aromatic N) is 2. The standard InChI is InChI=1S/C21H24FN3O2/c1-3-23-21(26)25(13-16-6-10-18(22)11-7-16)14-19-12-20(24-27-19)17-8-4-15(2)5-9-17/h4-11,19H,3,12-14H2,1-2H3,(H,23,26)/t19-/m0/s1. The molecule has 2 aromatic carbocycles. The Kier molecular flexibility index (Phi) is 6.06. The maximum atomic E-state index is 13.1. The van der Waals surface area contributed by atoms with Gasteiger partial charge in [-0.25, -0.2) is 9.18 Å². The van der Waals surface area contributed by atoms with Crippen LogP contribution in [0.4, 0.5) is 9.18 Å². The molecule has 6 heteroatoms. The van der Waals surface area contributed by atoms with Gasteiger partial charge in [0.1, 0.15) is 5.82 Å². The van der Waals surface area contributed by atoms with Crippen LogP contribution in [0, 0.1) is 12.7 Å². The van der Waals surface area contributed by atoms with Crippen molar-refractivity contribution in [2.45, 2.75) is 32.9 Å². The molecule has 0 saturated heterocycles. The molecule has 5 nitrogen and oxygen atoms in total. The highest BCUT2D eigenvalue weighted by Crippen LogP contribution is 2.19. The number of carbonyl (C=O) groups is 1. The second-order valence-electron chi connectivity index (χ2n) is 6.68. The van der Waals surface area contributed by atoms with E-state index in [2.05, 4.69) is 10.5 Å². The van der Waals surface area contributed by atoms with Crippen LogP contribution >= 0.6 is 0 Å². The lowest BCUT2D eigenvalue weighted by Crippen LogP contribution is -2.43. The van der Waals surface area contributed by atoms with Gasteiger partial charge in [0.2, 0.25) is 0 Å². The van der Waals surface area contributed by atoms with Gasteiger partial charge in [-0.05, 0) is 37.1 Å². The Bertz CT molecular complexity index is 803. The number of rotatable bonds is 6. The highest BCUT2D eigenvalue weighted by molar-refractivity contribution is 6.01. The molecule has 1 heterocycles. The zero-order chi connectivity index (χ0) is 19.2. The first-order valence-corrected chi connectivity index (χ1v) is 9.12. The molecule has 27 heavy (non-hydrogen) atoms. The van der Waals surface area contributed by atoms with E-state index >= 15 is 0 Å². The molecule has 142 valence electrons. The van der Waals surface area contributed by atoms with Crippen molar-refractivity contribution in [3.8, 4) is 0 Å². The van der Waals surface area contributed by atoms with E-state index in [1.807, 2.05) is 38.1 Å². The molecule has 0 spiro atoms. The zero-order valence-corrected chi connectivity index (χ0v) is 15.6. The van der Waals surface area contributed by atoms with Gasteiger partial charge in [-0.1, -0.05) is 47.1 Å². The van der Waals surface area contributed by atoms with Crippen molar-refractivity contribution < 1.29 is 14.0 Å². The average molecular weight is 369 g/mol. The Labute approximate surface area is 158 Å². The largest absolute Gasteiger partial charge is 0.390 e. The monoisotopic (exact) mass is 369 g/mol. The summed E-state index contributed by atoms with van der Waals surface area (Å²) in [7, 11) is 0. The molecule has 0 aliphatic carbocycles. The molecular formula is C21H24FN3O2. The molecule has 2 amide bonds. The summed E-state index contributed by atoms with van der Waals surface area (Å²) in [5.41, 5.74) is 3.97. The van der Waals surface area contributed by atoms with Crippen LogP contribution in [-0.4, -0.2) is 35.8 Å². The van der Waals surface area contributed by atoms with Gasteiger partial charge >= 0.3 is 6.03 Å². The molecule has 0 bridgehead atoms. The molecule has 0 unspecified atom stereocenters. The van der Waals surface area contributed by atoms with Gasteiger partial charge in [-0.15, -0.1) is 0 Å². The van der Waals surface area contributed by atoms with E-state index in [-0.39, 0.29) is 18.0 Å². The first-order valence-electron chi connectivity index (χ1n) is 9.12. The van der Waals surface area contributed by atoms with Crippen LogP contribution in [0.25, 0.3) is 0 Å². The Balaban J connectivity index is 1.64. The van der Waals surface area contributed by atoms with Crippen molar-refractivity contribution in [2.24, 2.45) is 5.16 Å². The van der Waals surface area contributed by atoms with E-state index < -0.39 is 0 Å². The van der Waals surface area contributed by atoms with Crippen molar-refractivity contribution in [3.05, 3.63) is 71.0 Å². The number of hydrogen-bond acceptors (Lipinski definition) is 3. The van der Waals surface area contributed by atoms with Crippen LogP contribution in [0.5, 0.6) is 0 Å². The lowest BCUT2D eigenvalue weighted by atomic mass is 10.0. The van der Waals surface area contributed by atoms with Gasteiger partial charge in [-0.2, -0.15) is 0 Å². The molecule has 0 fully saturated rings. The number of aryl methyl sites for hydroxylation is 1. The number of hydrogen-bond donors (Lipinski definition) is 1. The topological polar surface area (TPSA) is 53.9 Å². The fourth-order valence-electron chi connectivity index (χ4n) is 2.98. The Hall–Kier alpha value is -2.89. The number of urea groups is 1. The predicted molar refractivity (Wildman–Crippen MR) is 103 cm³/mol. The van der Waals surface area contributed by atoms with Crippen LogP contribution in [0.15, 0.2) is 53.7 Å². The Morgan fingerprint density at radius 2 is 1.93 bits per heavy atom.